The van der Waals surface area contributed by atoms with Crippen molar-refractivity contribution in [2.75, 3.05) is 6.61 Å². The highest BCUT2D eigenvalue weighted by Crippen LogP contribution is 1.78. The molecule has 9 heavy (non-hydrogen) atoms. The average Bonchev–Trinajstić information content (AvgIpc) is 2.34. The summed E-state index contributed by atoms with van der Waals surface area (Å²) in [5, 5.41) is 7.49. The lowest BCUT2D eigenvalue weighted by Gasteiger charge is -1.96. The third-order valence-corrected chi connectivity index (χ3v) is 0.833. The lowest BCUT2D eigenvalue weighted by Crippen LogP contribution is -2.05. The highest BCUT2D eigenvalue weighted by Gasteiger charge is 1.86. The van der Waals surface area contributed by atoms with E-state index in [0.29, 0.717) is 13.3 Å². The summed E-state index contributed by atoms with van der Waals surface area (Å²) in [6.45, 7) is 3.02. The van der Waals surface area contributed by atoms with Crippen molar-refractivity contribution in [3.8, 4) is 0 Å². The molecule has 0 amide bonds. The number of aromatic nitrogens is 3. The van der Waals surface area contributed by atoms with E-state index in [1.165, 1.54) is 11.0 Å². The average molecular weight is 126 g/mol. The molecule has 0 atom stereocenters. The van der Waals surface area contributed by atoms with Crippen molar-refractivity contribution in [2.24, 2.45) is 0 Å². The summed E-state index contributed by atoms with van der Waals surface area (Å²) < 4.78 is 5.00. The Kier molecular flexibility index (Phi) is 2.21. The Labute approximate surface area is 53.4 Å². The first kappa shape index (κ1) is 6.22. The van der Waals surface area contributed by atoms with Crippen LogP contribution >= 0.6 is 0 Å². The summed E-state index contributed by atoms with van der Waals surface area (Å²) in [7, 11) is 0. The third kappa shape index (κ3) is 1.81. The SMILES string of the molecule is CCOCn1n[c]cn1. The van der Waals surface area contributed by atoms with E-state index in [4.69, 9.17) is 4.74 Å². The molecule has 0 bridgehead atoms. The van der Waals surface area contributed by atoms with Crippen molar-refractivity contribution in [1.82, 2.24) is 15.0 Å². The van der Waals surface area contributed by atoms with E-state index in [2.05, 4.69) is 16.4 Å². The Morgan fingerprint density at radius 2 is 2.67 bits per heavy atom. The molecule has 1 aromatic heterocycles. The Bertz CT molecular complexity index is 149. The zero-order chi connectivity index (χ0) is 6.53. The lowest BCUT2D eigenvalue weighted by atomic mass is 10.9. The molecule has 1 heterocycles. The topological polar surface area (TPSA) is 39.9 Å². The van der Waals surface area contributed by atoms with Gasteiger partial charge in [-0.05, 0) is 6.92 Å². The molecule has 0 aliphatic rings. The van der Waals surface area contributed by atoms with Crippen LogP contribution in [0.1, 0.15) is 6.92 Å². The maximum atomic E-state index is 5.00. The molecule has 1 radical (unpaired) electrons. The van der Waals surface area contributed by atoms with E-state index in [1.807, 2.05) is 6.92 Å². The minimum absolute atomic E-state index is 0.417. The van der Waals surface area contributed by atoms with Crippen LogP contribution in [0.2, 0.25) is 0 Å². The Morgan fingerprint density at radius 1 is 1.78 bits per heavy atom. The van der Waals surface area contributed by atoms with E-state index in [1.54, 1.807) is 0 Å². The molecule has 0 aromatic carbocycles. The minimum atomic E-state index is 0.417. The number of nitrogens with zero attached hydrogens (tertiary/aromatic N) is 3. The summed E-state index contributed by atoms with van der Waals surface area (Å²) >= 11 is 0. The third-order valence-electron chi connectivity index (χ3n) is 0.833. The van der Waals surface area contributed by atoms with Gasteiger partial charge in [-0.15, -0.1) is 5.10 Å². The Morgan fingerprint density at radius 3 is 3.22 bits per heavy atom. The first-order chi connectivity index (χ1) is 4.43. The van der Waals surface area contributed by atoms with Crippen LogP contribution in [0.4, 0.5) is 0 Å². The van der Waals surface area contributed by atoms with E-state index < -0.39 is 0 Å². The minimum Gasteiger partial charge on any atom is -0.358 e. The van der Waals surface area contributed by atoms with Gasteiger partial charge in [-0.3, -0.25) is 0 Å². The molecule has 0 N–H and O–H groups in total. The molecule has 0 aliphatic carbocycles. The van der Waals surface area contributed by atoms with Gasteiger partial charge in [-0.1, -0.05) is 0 Å². The van der Waals surface area contributed by atoms with Crippen LogP contribution < -0.4 is 0 Å². The summed E-state index contributed by atoms with van der Waals surface area (Å²) in [6.07, 6.45) is 4.06. The molecule has 0 unspecified atom stereocenters. The van der Waals surface area contributed by atoms with Crippen LogP contribution in [0.5, 0.6) is 0 Å². The number of rotatable bonds is 3. The summed E-state index contributed by atoms with van der Waals surface area (Å²) in [4.78, 5) is 1.43. The van der Waals surface area contributed by atoms with E-state index >= 15 is 0 Å². The maximum Gasteiger partial charge on any atom is 0.158 e. The zero-order valence-corrected chi connectivity index (χ0v) is 5.24. The monoisotopic (exact) mass is 126 g/mol. The predicted molar refractivity (Wildman–Crippen MR) is 30.5 cm³/mol. The molecule has 0 saturated heterocycles. The smallest absolute Gasteiger partial charge is 0.158 e. The van der Waals surface area contributed by atoms with Gasteiger partial charge in [0.25, 0.3) is 0 Å². The van der Waals surface area contributed by atoms with Gasteiger partial charge in [0.1, 0.15) is 6.20 Å². The predicted octanol–water partition coefficient (Wildman–Crippen LogP) is 0.0723. The first-order valence-electron chi connectivity index (χ1n) is 2.77. The normalized spacial score (nSPS) is 9.89. The molecule has 1 aromatic rings. The van der Waals surface area contributed by atoms with E-state index in [0.717, 1.165) is 0 Å². The lowest BCUT2D eigenvalue weighted by molar-refractivity contribution is 0.0690. The standard InChI is InChI=1S/C5H8N3O/c1-2-9-5-8-6-3-4-7-8/h3H,2,5H2,1H3. The molecule has 1 rings (SSSR count). The van der Waals surface area contributed by atoms with Crippen LogP contribution in [-0.2, 0) is 11.5 Å². The molecule has 49 valence electrons. The summed E-state index contributed by atoms with van der Waals surface area (Å²) in [5.74, 6) is 0. The van der Waals surface area contributed by atoms with Crippen molar-refractivity contribution in [3.63, 3.8) is 0 Å². The van der Waals surface area contributed by atoms with Crippen LogP contribution in [0.25, 0.3) is 0 Å². The van der Waals surface area contributed by atoms with Crippen LogP contribution in [0, 0.1) is 6.20 Å². The number of hydrogen-bond donors (Lipinski definition) is 0. The molecule has 4 heteroatoms. The molecule has 0 aliphatic heterocycles. The Balaban J connectivity index is 2.30. The van der Waals surface area contributed by atoms with Gasteiger partial charge in [-0.2, -0.15) is 9.90 Å². The van der Waals surface area contributed by atoms with Crippen molar-refractivity contribution in [1.29, 1.82) is 0 Å². The van der Waals surface area contributed by atoms with E-state index in [9.17, 15) is 0 Å². The fraction of sp³-hybridized carbons (Fsp3) is 0.600. The molecule has 0 spiro atoms. The second kappa shape index (κ2) is 3.19. The highest BCUT2D eigenvalue weighted by atomic mass is 16.5. The summed E-state index contributed by atoms with van der Waals surface area (Å²) in [6, 6.07) is 0. The van der Waals surface area contributed by atoms with Gasteiger partial charge in [0.2, 0.25) is 0 Å². The van der Waals surface area contributed by atoms with Gasteiger partial charge in [0, 0.05) is 6.61 Å². The van der Waals surface area contributed by atoms with Crippen molar-refractivity contribution >= 4 is 0 Å². The van der Waals surface area contributed by atoms with Gasteiger partial charge in [0.05, 0.1) is 6.20 Å². The second-order valence-electron chi connectivity index (χ2n) is 1.47. The molecular weight excluding hydrogens is 118 g/mol. The quantitative estimate of drug-likeness (QED) is 0.575. The van der Waals surface area contributed by atoms with Gasteiger partial charge in [-0.25, -0.2) is 0 Å². The van der Waals surface area contributed by atoms with Crippen molar-refractivity contribution in [2.45, 2.75) is 13.7 Å². The zero-order valence-electron chi connectivity index (χ0n) is 5.24. The van der Waals surface area contributed by atoms with Gasteiger partial charge < -0.3 is 4.74 Å². The maximum absolute atomic E-state index is 5.00. The van der Waals surface area contributed by atoms with Crippen LogP contribution in [0.15, 0.2) is 6.20 Å². The largest absolute Gasteiger partial charge is 0.358 e. The summed E-state index contributed by atoms with van der Waals surface area (Å²) in [5.41, 5.74) is 0. The molecule has 0 saturated carbocycles. The van der Waals surface area contributed by atoms with Crippen molar-refractivity contribution in [3.05, 3.63) is 12.4 Å². The highest BCUT2D eigenvalue weighted by molar-refractivity contribution is 4.54. The molecular formula is C5H8N3O. The van der Waals surface area contributed by atoms with E-state index in [-0.39, 0.29) is 0 Å². The second-order valence-corrected chi connectivity index (χ2v) is 1.47. The number of hydrogen-bond acceptors (Lipinski definition) is 3. The first-order valence-corrected chi connectivity index (χ1v) is 2.77. The Hall–Kier alpha value is -0.900. The van der Waals surface area contributed by atoms with Gasteiger partial charge in [0.15, 0.2) is 6.73 Å². The van der Waals surface area contributed by atoms with Crippen LogP contribution in [0.3, 0.4) is 0 Å². The van der Waals surface area contributed by atoms with Gasteiger partial charge >= 0.3 is 0 Å². The molecule has 4 nitrogen and oxygen atoms in total. The number of ether oxygens (including phenoxy) is 1. The fourth-order valence-corrected chi connectivity index (χ4v) is 0.446. The molecule has 0 fully saturated rings. The fourth-order valence-electron chi connectivity index (χ4n) is 0.446. The van der Waals surface area contributed by atoms with Crippen LogP contribution in [-0.4, -0.2) is 21.6 Å². The van der Waals surface area contributed by atoms with Crippen molar-refractivity contribution < 1.29 is 4.74 Å².